The second-order valence-electron chi connectivity index (χ2n) is 4.02. The van der Waals surface area contributed by atoms with E-state index in [4.69, 9.17) is 21.2 Å². The second-order valence-corrected chi connectivity index (χ2v) is 4.42. The lowest BCUT2D eigenvalue weighted by atomic mass is 10.0. The Morgan fingerprint density at radius 3 is 2.94 bits per heavy atom. The van der Waals surface area contributed by atoms with Crippen molar-refractivity contribution in [1.82, 2.24) is 5.48 Å². The number of benzene rings is 1. The zero-order valence-electron chi connectivity index (χ0n) is 9.80. The van der Waals surface area contributed by atoms with Gasteiger partial charge in [-0.25, -0.2) is 4.39 Å². The Kier molecular flexibility index (Phi) is 3.86. The first-order valence-electron chi connectivity index (χ1n) is 5.62. The molecular formula is C12H15ClFNO2. The minimum Gasteiger partial charge on any atom is -0.486 e. The van der Waals surface area contributed by atoms with E-state index in [0.29, 0.717) is 16.3 Å². The van der Waals surface area contributed by atoms with Gasteiger partial charge in [-0.15, -0.1) is 0 Å². The number of hydrogen-bond donors (Lipinski definition) is 1. The molecule has 3 nitrogen and oxygen atoms in total. The highest BCUT2D eigenvalue weighted by Crippen LogP contribution is 2.44. The fourth-order valence-corrected chi connectivity index (χ4v) is 2.35. The van der Waals surface area contributed by atoms with Crippen molar-refractivity contribution >= 4 is 11.6 Å². The van der Waals surface area contributed by atoms with Gasteiger partial charge < -0.3 is 9.57 Å². The molecule has 0 aromatic heterocycles. The van der Waals surface area contributed by atoms with Crippen LogP contribution in [0, 0.1) is 5.82 Å². The van der Waals surface area contributed by atoms with Crippen LogP contribution >= 0.6 is 11.6 Å². The summed E-state index contributed by atoms with van der Waals surface area (Å²) in [7, 11) is 1.50. The van der Waals surface area contributed by atoms with Crippen LogP contribution in [0.4, 0.5) is 4.39 Å². The summed E-state index contributed by atoms with van der Waals surface area (Å²) in [6.45, 7) is 2.05. The van der Waals surface area contributed by atoms with Crippen molar-refractivity contribution in [1.29, 1.82) is 0 Å². The van der Waals surface area contributed by atoms with Crippen LogP contribution in [0.15, 0.2) is 12.1 Å². The summed E-state index contributed by atoms with van der Waals surface area (Å²) >= 11 is 6.01. The number of halogens is 2. The smallest absolute Gasteiger partial charge is 0.146 e. The van der Waals surface area contributed by atoms with E-state index in [-0.39, 0.29) is 18.0 Å². The van der Waals surface area contributed by atoms with Gasteiger partial charge in [0, 0.05) is 0 Å². The van der Waals surface area contributed by atoms with Crippen molar-refractivity contribution in [3.05, 3.63) is 28.5 Å². The molecule has 1 aliphatic rings. The normalized spacial score (nSPS) is 22.4. The van der Waals surface area contributed by atoms with Crippen molar-refractivity contribution in [3.63, 3.8) is 0 Å². The quantitative estimate of drug-likeness (QED) is 0.842. The summed E-state index contributed by atoms with van der Waals surface area (Å²) in [5, 5.41) is 0.433. The Morgan fingerprint density at radius 2 is 2.29 bits per heavy atom. The number of rotatable bonds is 4. The maximum absolute atomic E-state index is 13.8. The van der Waals surface area contributed by atoms with Crippen LogP contribution in [-0.2, 0) is 4.84 Å². The number of hydrogen-bond acceptors (Lipinski definition) is 3. The van der Waals surface area contributed by atoms with Crippen LogP contribution < -0.4 is 10.2 Å². The van der Waals surface area contributed by atoms with E-state index in [1.807, 2.05) is 6.92 Å². The molecule has 0 aliphatic carbocycles. The lowest BCUT2D eigenvalue weighted by Gasteiger charge is -2.18. The third kappa shape index (κ3) is 2.25. The van der Waals surface area contributed by atoms with Gasteiger partial charge in [-0.3, -0.25) is 0 Å². The Labute approximate surface area is 105 Å². The number of ether oxygens (including phenoxy) is 1. The van der Waals surface area contributed by atoms with Gasteiger partial charge in [-0.1, -0.05) is 24.9 Å². The first kappa shape index (κ1) is 12.6. The molecule has 1 aromatic carbocycles. The molecule has 1 heterocycles. The van der Waals surface area contributed by atoms with Crippen LogP contribution in [0.3, 0.4) is 0 Å². The fourth-order valence-electron chi connectivity index (χ4n) is 2.14. The molecule has 1 aromatic rings. The molecule has 0 amide bonds. The highest BCUT2D eigenvalue weighted by atomic mass is 35.5. The van der Waals surface area contributed by atoms with E-state index < -0.39 is 0 Å². The maximum atomic E-state index is 13.8. The molecule has 2 atom stereocenters. The molecule has 2 rings (SSSR count). The third-order valence-electron chi connectivity index (χ3n) is 2.86. The van der Waals surface area contributed by atoms with E-state index in [1.165, 1.54) is 19.2 Å². The van der Waals surface area contributed by atoms with Crippen LogP contribution in [0.1, 0.15) is 31.4 Å². The monoisotopic (exact) mass is 259 g/mol. The Bertz CT molecular complexity index is 414. The van der Waals surface area contributed by atoms with Crippen molar-refractivity contribution < 1.29 is 14.0 Å². The molecule has 0 spiro atoms. The standard InChI is InChI=1S/C12H15ClFNO2/c1-3-4-9-11(15-16-2)10-8(14)6-5-7(13)12(10)17-9/h5-6,9,11,15H,3-4H2,1-2H3. The molecule has 5 heteroatoms. The Morgan fingerprint density at radius 1 is 1.53 bits per heavy atom. The Balaban J connectivity index is 2.39. The van der Waals surface area contributed by atoms with Crippen molar-refractivity contribution in [3.8, 4) is 5.75 Å². The van der Waals surface area contributed by atoms with Crippen LogP contribution in [0.5, 0.6) is 5.75 Å². The fraction of sp³-hybridized carbons (Fsp3) is 0.500. The number of nitrogens with one attached hydrogen (secondary N) is 1. The van der Waals surface area contributed by atoms with Gasteiger partial charge in [0.2, 0.25) is 0 Å². The summed E-state index contributed by atoms with van der Waals surface area (Å²) in [6.07, 6.45) is 1.61. The SMILES string of the molecule is CCCC1Oc2c(Cl)ccc(F)c2C1NOC. The van der Waals surface area contributed by atoms with Gasteiger partial charge in [-0.05, 0) is 18.6 Å². The van der Waals surface area contributed by atoms with E-state index in [2.05, 4.69) is 5.48 Å². The van der Waals surface area contributed by atoms with Gasteiger partial charge >= 0.3 is 0 Å². The first-order valence-corrected chi connectivity index (χ1v) is 5.99. The Hall–Kier alpha value is -0.840. The zero-order valence-corrected chi connectivity index (χ0v) is 10.6. The minimum atomic E-state index is -0.322. The van der Waals surface area contributed by atoms with Crippen LogP contribution in [0.2, 0.25) is 5.02 Å². The maximum Gasteiger partial charge on any atom is 0.146 e. The van der Waals surface area contributed by atoms with Gasteiger partial charge in [0.15, 0.2) is 0 Å². The highest BCUT2D eigenvalue weighted by molar-refractivity contribution is 6.32. The second kappa shape index (κ2) is 5.21. The van der Waals surface area contributed by atoms with E-state index >= 15 is 0 Å². The molecule has 2 unspecified atom stereocenters. The van der Waals surface area contributed by atoms with E-state index in [9.17, 15) is 4.39 Å². The number of fused-ring (bicyclic) bond motifs is 1. The van der Waals surface area contributed by atoms with Gasteiger partial charge in [0.05, 0.1) is 17.7 Å². The summed E-state index contributed by atoms with van der Waals surface area (Å²) in [5.74, 6) is 0.109. The summed E-state index contributed by atoms with van der Waals surface area (Å²) in [5.41, 5.74) is 3.24. The van der Waals surface area contributed by atoms with Crippen molar-refractivity contribution in [2.45, 2.75) is 31.9 Å². The molecule has 0 radical (unpaired) electrons. The predicted molar refractivity (Wildman–Crippen MR) is 63.6 cm³/mol. The summed E-state index contributed by atoms with van der Waals surface area (Å²) < 4.78 is 19.5. The molecule has 94 valence electrons. The summed E-state index contributed by atoms with van der Waals surface area (Å²) in [6, 6.07) is 2.55. The molecular weight excluding hydrogens is 245 g/mol. The zero-order chi connectivity index (χ0) is 12.4. The molecule has 1 aliphatic heterocycles. The van der Waals surface area contributed by atoms with E-state index in [0.717, 1.165) is 12.8 Å². The van der Waals surface area contributed by atoms with Crippen LogP contribution in [0.25, 0.3) is 0 Å². The molecule has 0 saturated carbocycles. The number of hydroxylamine groups is 1. The average Bonchev–Trinajstić information content (AvgIpc) is 2.66. The molecule has 0 fully saturated rings. The predicted octanol–water partition coefficient (Wildman–Crippen LogP) is 3.23. The average molecular weight is 260 g/mol. The minimum absolute atomic E-state index is 0.149. The molecule has 17 heavy (non-hydrogen) atoms. The van der Waals surface area contributed by atoms with E-state index in [1.54, 1.807) is 0 Å². The largest absolute Gasteiger partial charge is 0.486 e. The van der Waals surface area contributed by atoms with Gasteiger partial charge in [-0.2, -0.15) is 5.48 Å². The van der Waals surface area contributed by atoms with Crippen LogP contribution in [-0.4, -0.2) is 13.2 Å². The topological polar surface area (TPSA) is 30.5 Å². The van der Waals surface area contributed by atoms with Gasteiger partial charge in [0.1, 0.15) is 23.7 Å². The highest BCUT2D eigenvalue weighted by Gasteiger charge is 2.37. The summed E-state index contributed by atoms with van der Waals surface area (Å²) in [4.78, 5) is 4.91. The molecule has 0 saturated heterocycles. The van der Waals surface area contributed by atoms with Crippen molar-refractivity contribution in [2.75, 3.05) is 7.11 Å². The lowest BCUT2D eigenvalue weighted by Crippen LogP contribution is -2.30. The molecule has 1 N–H and O–H groups in total. The van der Waals surface area contributed by atoms with Gasteiger partial charge in [0.25, 0.3) is 0 Å². The first-order chi connectivity index (χ1) is 8.19. The molecule has 0 bridgehead atoms. The third-order valence-corrected chi connectivity index (χ3v) is 3.16. The van der Waals surface area contributed by atoms with Crippen molar-refractivity contribution in [2.24, 2.45) is 0 Å². The lowest BCUT2D eigenvalue weighted by molar-refractivity contribution is 0.0262.